The van der Waals surface area contributed by atoms with Crippen LogP contribution < -0.4 is 9.80 Å². The van der Waals surface area contributed by atoms with Crippen LogP contribution in [0.25, 0.3) is 0 Å². The molecule has 0 heterocycles. The summed E-state index contributed by atoms with van der Waals surface area (Å²) in [6.07, 6.45) is 0. The van der Waals surface area contributed by atoms with Crippen LogP contribution in [0.4, 0.5) is 34.1 Å². The van der Waals surface area contributed by atoms with Crippen molar-refractivity contribution in [1.82, 2.24) is 0 Å². The molecule has 0 saturated carbocycles. The monoisotopic (exact) mass is 918 g/mol. The van der Waals surface area contributed by atoms with Crippen LogP contribution in [0, 0.1) is 0 Å². The molecule has 0 unspecified atom stereocenters. The lowest BCUT2D eigenvalue weighted by molar-refractivity contribution is 0.640. The first-order chi connectivity index (χ1) is 33.2. The quantitative estimate of drug-likeness (QED) is 0.107. The Bertz CT molecular complexity index is 2700. The summed E-state index contributed by atoms with van der Waals surface area (Å²) in [5.41, 5.74) is 15.1. The third-order valence-electron chi connectivity index (χ3n) is 14.8. The van der Waals surface area contributed by atoms with Gasteiger partial charge in [-0.05, 0) is 105 Å². The van der Waals surface area contributed by atoms with E-state index in [0.717, 1.165) is 34.1 Å². The second kappa shape index (κ2) is 19.1. The van der Waals surface area contributed by atoms with Crippen molar-refractivity contribution in [3.8, 4) is 0 Å². The number of nitrogens with zero attached hydrogens (tertiary/aromatic N) is 2. The minimum atomic E-state index is -0.189. The van der Waals surface area contributed by atoms with Gasteiger partial charge in [0.1, 0.15) is 0 Å². The smallest absolute Gasteiger partial charge is 0.0887 e. The van der Waals surface area contributed by atoms with Gasteiger partial charge in [-0.2, -0.15) is 0 Å². The largest absolute Gasteiger partial charge is 0.309 e. The maximum atomic E-state index is 7.95. The van der Waals surface area contributed by atoms with Crippen molar-refractivity contribution in [2.45, 2.75) is 77.0 Å². The van der Waals surface area contributed by atoms with Gasteiger partial charge in [-0.25, -0.2) is 0 Å². The zero-order valence-electron chi connectivity index (χ0n) is 41.3. The first-order valence-corrected chi connectivity index (χ1v) is 24.6. The van der Waals surface area contributed by atoms with Crippen LogP contribution in [0.1, 0.15) is 99.9 Å². The van der Waals surface area contributed by atoms with Crippen molar-refractivity contribution in [3.05, 3.63) is 286 Å². The van der Waals surface area contributed by atoms with E-state index < -0.39 is 0 Å². The van der Waals surface area contributed by atoms with Gasteiger partial charge in [0, 0.05) is 44.4 Å². The SMILES string of the molecule is CC(C)(c1ccccc1)c1ccc(N(c2ccc(C(C)(C)c3ccccc3)cc2)c2cccc(N(c3ccc(C(C)(C)c4ccccc4)cc3)c3ccc(C(C)(C)c4ccccc4)cc3)c2Cl)cc1. The molecule has 9 aromatic rings. The maximum absolute atomic E-state index is 7.95. The highest BCUT2D eigenvalue weighted by Gasteiger charge is 2.29. The molecule has 69 heavy (non-hydrogen) atoms. The lowest BCUT2D eigenvalue weighted by Crippen LogP contribution is -2.20. The normalized spacial score (nSPS) is 12.1. The molecule has 9 aromatic carbocycles. The summed E-state index contributed by atoms with van der Waals surface area (Å²) in [5.74, 6) is 0. The van der Waals surface area contributed by atoms with Gasteiger partial charge >= 0.3 is 0 Å². The van der Waals surface area contributed by atoms with Crippen molar-refractivity contribution in [1.29, 1.82) is 0 Å². The van der Waals surface area contributed by atoms with Gasteiger partial charge < -0.3 is 9.80 Å². The van der Waals surface area contributed by atoms with E-state index in [9.17, 15) is 0 Å². The fourth-order valence-electron chi connectivity index (χ4n) is 9.90. The van der Waals surface area contributed by atoms with Crippen LogP contribution in [0.15, 0.2) is 237 Å². The molecule has 0 aliphatic heterocycles. The molecule has 2 nitrogen and oxygen atoms in total. The van der Waals surface area contributed by atoms with Crippen LogP contribution in [-0.2, 0) is 21.7 Å². The van der Waals surface area contributed by atoms with Crippen molar-refractivity contribution >= 4 is 45.7 Å². The predicted molar refractivity (Wildman–Crippen MR) is 295 cm³/mol. The van der Waals surface area contributed by atoms with E-state index in [-0.39, 0.29) is 21.7 Å². The number of anilines is 6. The van der Waals surface area contributed by atoms with Gasteiger partial charge in [0.05, 0.1) is 16.4 Å². The molecule has 0 aromatic heterocycles. The number of hydrogen-bond acceptors (Lipinski definition) is 2. The Morgan fingerprint density at radius 1 is 0.232 bits per heavy atom. The van der Waals surface area contributed by atoms with E-state index in [1.165, 1.54) is 44.5 Å². The highest BCUT2D eigenvalue weighted by Crippen LogP contribution is 2.48. The molecule has 0 amide bonds. The topological polar surface area (TPSA) is 6.48 Å². The molecule has 0 radical (unpaired) electrons. The molecule has 9 rings (SSSR count). The van der Waals surface area contributed by atoms with Crippen molar-refractivity contribution in [3.63, 3.8) is 0 Å². The Balaban J connectivity index is 1.17. The van der Waals surface area contributed by atoms with E-state index in [1.54, 1.807) is 0 Å². The number of benzene rings is 9. The molecule has 0 atom stereocenters. The zero-order valence-corrected chi connectivity index (χ0v) is 42.0. The maximum Gasteiger partial charge on any atom is 0.0887 e. The summed E-state index contributed by atoms with van der Waals surface area (Å²) >= 11 is 7.95. The molecule has 0 aliphatic rings. The summed E-state index contributed by atoms with van der Waals surface area (Å²) in [7, 11) is 0. The lowest BCUT2D eigenvalue weighted by Gasteiger charge is -2.33. The number of halogens is 1. The van der Waals surface area contributed by atoms with Crippen LogP contribution >= 0.6 is 11.6 Å². The Kier molecular flexibility index (Phi) is 13.0. The fraction of sp³-hybridized carbons (Fsp3) is 0.182. The first-order valence-electron chi connectivity index (χ1n) is 24.2. The molecule has 0 spiro atoms. The molecular weight excluding hydrogens is 856 g/mol. The summed E-state index contributed by atoms with van der Waals surface area (Å²) in [5, 5.41) is 0.641. The van der Waals surface area contributed by atoms with Gasteiger partial charge in [0.2, 0.25) is 0 Å². The van der Waals surface area contributed by atoms with Crippen LogP contribution in [0.3, 0.4) is 0 Å². The summed E-state index contributed by atoms with van der Waals surface area (Å²) in [6.45, 7) is 18.3. The zero-order chi connectivity index (χ0) is 48.4. The Hall–Kier alpha value is -7.13. The fourth-order valence-corrected chi connectivity index (χ4v) is 10.2. The van der Waals surface area contributed by atoms with E-state index in [4.69, 9.17) is 11.6 Å². The predicted octanol–water partition coefficient (Wildman–Crippen LogP) is 18.6. The number of hydrogen-bond donors (Lipinski definition) is 0. The Morgan fingerprint density at radius 2 is 0.420 bits per heavy atom. The van der Waals surface area contributed by atoms with E-state index >= 15 is 0 Å². The van der Waals surface area contributed by atoms with E-state index in [2.05, 4.69) is 302 Å². The molecule has 0 saturated heterocycles. The minimum Gasteiger partial charge on any atom is -0.309 e. The lowest BCUT2D eigenvalue weighted by atomic mass is 9.78. The van der Waals surface area contributed by atoms with E-state index in [1.807, 2.05) is 0 Å². The average molecular weight is 920 g/mol. The molecular formula is C66H63ClN2. The van der Waals surface area contributed by atoms with E-state index in [0.29, 0.717) is 5.02 Å². The highest BCUT2D eigenvalue weighted by molar-refractivity contribution is 6.36. The second-order valence-corrected chi connectivity index (χ2v) is 20.8. The molecule has 0 aliphatic carbocycles. The first kappa shape index (κ1) is 47.0. The number of rotatable bonds is 14. The van der Waals surface area contributed by atoms with Gasteiger partial charge in [0.15, 0.2) is 0 Å². The van der Waals surface area contributed by atoms with Crippen LogP contribution in [0.2, 0.25) is 5.02 Å². The Labute approximate surface area is 416 Å². The third-order valence-corrected chi connectivity index (χ3v) is 15.2. The van der Waals surface area contributed by atoms with Gasteiger partial charge in [-0.3, -0.25) is 0 Å². The van der Waals surface area contributed by atoms with Crippen LogP contribution in [-0.4, -0.2) is 0 Å². The molecule has 344 valence electrons. The minimum absolute atomic E-state index is 0.189. The summed E-state index contributed by atoms with van der Waals surface area (Å²) in [4.78, 5) is 4.61. The third kappa shape index (κ3) is 9.27. The molecule has 0 bridgehead atoms. The van der Waals surface area contributed by atoms with Gasteiger partial charge in [-0.1, -0.05) is 243 Å². The van der Waals surface area contributed by atoms with Crippen molar-refractivity contribution in [2.75, 3.05) is 9.80 Å². The molecule has 3 heteroatoms. The standard InChI is InChI=1S/C66H63ClN2/c1-63(2,48-22-13-9-14-23-48)52-32-40-56(41-33-52)68(57-42-34-53(35-43-57)64(3,4)49-24-15-10-16-25-49)60-30-21-31-61(62(60)67)69(58-44-36-54(37-45-58)65(5,6)50-26-17-11-18-27-50)59-46-38-55(39-47-59)66(7,8)51-28-19-12-20-29-51/h9-47H,1-8H3. The summed E-state index contributed by atoms with van der Waals surface area (Å²) in [6, 6.07) is 85.4. The van der Waals surface area contributed by atoms with Crippen LogP contribution in [0.5, 0.6) is 0 Å². The summed E-state index contributed by atoms with van der Waals surface area (Å²) < 4.78 is 0. The molecule has 0 N–H and O–H groups in total. The second-order valence-electron chi connectivity index (χ2n) is 20.4. The van der Waals surface area contributed by atoms with Gasteiger partial charge in [0.25, 0.3) is 0 Å². The van der Waals surface area contributed by atoms with Crippen molar-refractivity contribution < 1.29 is 0 Å². The average Bonchev–Trinajstić information content (AvgIpc) is 3.39. The molecule has 0 fully saturated rings. The van der Waals surface area contributed by atoms with Gasteiger partial charge in [-0.15, -0.1) is 0 Å². The highest BCUT2D eigenvalue weighted by atomic mass is 35.5. The Morgan fingerprint density at radius 3 is 0.623 bits per heavy atom. The van der Waals surface area contributed by atoms with Crippen molar-refractivity contribution in [2.24, 2.45) is 0 Å².